The van der Waals surface area contributed by atoms with Gasteiger partial charge in [-0.2, -0.15) is 0 Å². The van der Waals surface area contributed by atoms with E-state index >= 15 is 0 Å². The molecule has 100 valence electrons. The number of hydrogen-bond acceptors (Lipinski definition) is 3. The molecule has 19 heavy (non-hydrogen) atoms. The van der Waals surface area contributed by atoms with E-state index < -0.39 is 0 Å². The predicted octanol–water partition coefficient (Wildman–Crippen LogP) is 4.27. The van der Waals surface area contributed by atoms with Crippen molar-refractivity contribution in [2.24, 2.45) is 0 Å². The number of aryl methyl sites for hydroxylation is 3. The Morgan fingerprint density at radius 3 is 2.47 bits per heavy atom. The monoisotopic (exact) mass is 338 g/mol. The van der Waals surface area contributed by atoms with Crippen LogP contribution in [0.15, 0.2) is 22.7 Å². The van der Waals surface area contributed by atoms with Crippen LogP contribution in [-0.2, 0) is 0 Å². The molecule has 1 aromatic heterocycles. The van der Waals surface area contributed by atoms with E-state index in [1.807, 2.05) is 32.9 Å². The normalized spacial score (nSPS) is 10.5. The Bertz CT molecular complexity index is 606. The highest BCUT2D eigenvalue weighted by molar-refractivity contribution is 9.10. The van der Waals surface area contributed by atoms with E-state index in [1.165, 1.54) is 11.3 Å². The van der Waals surface area contributed by atoms with Crippen LogP contribution in [0.3, 0.4) is 0 Å². The van der Waals surface area contributed by atoms with Crippen molar-refractivity contribution < 1.29 is 4.79 Å². The summed E-state index contributed by atoms with van der Waals surface area (Å²) in [4.78, 5) is 13.8. The van der Waals surface area contributed by atoms with Crippen molar-refractivity contribution in [2.45, 2.75) is 20.8 Å². The number of halogens is 1. The molecule has 0 unspecified atom stereocenters. The number of thiophene rings is 1. The average molecular weight is 339 g/mol. The molecule has 0 bridgehead atoms. The number of carbonyl (C=O) groups excluding carboxylic acids is 1. The van der Waals surface area contributed by atoms with Crippen molar-refractivity contribution in [3.8, 4) is 0 Å². The molecule has 0 aliphatic rings. The zero-order chi connectivity index (χ0) is 14.2. The molecule has 3 N–H and O–H groups in total. The van der Waals surface area contributed by atoms with Crippen LogP contribution in [-0.4, -0.2) is 5.91 Å². The van der Waals surface area contributed by atoms with E-state index in [-0.39, 0.29) is 5.91 Å². The maximum atomic E-state index is 12.2. The second-order valence-corrected chi connectivity index (χ2v) is 6.63. The summed E-state index contributed by atoms with van der Waals surface area (Å²) in [5.41, 5.74) is 9.42. The Labute approximate surface area is 125 Å². The molecule has 0 spiro atoms. The smallest absolute Gasteiger partial charge is 0.265 e. The van der Waals surface area contributed by atoms with E-state index in [0.29, 0.717) is 10.6 Å². The molecule has 0 atom stereocenters. The van der Waals surface area contributed by atoms with Gasteiger partial charge >= 0.3 is 0 Å². The van der Waals surface area contributed by atoms with Crippen molar-refractivity contribution in [3.05, 3.63) is 43.6 Å². The van der Waals surface area contributed by atoms with Gasteiger partial charge in [0, 0.05) is 15.0 Å². The molecule has 1 heterocycles. The minimum atomic E-state index is -0.127. The number of hydrogen-bond donors (Lipinski definition) is 2. The maximum Gasteiger partial charge on any atom is 0.265 e. The SMILES string of the molecule is Cc1cc(C)c(NC(=O)c2cc(N)c(C)s2)c(Br)c1. The minimum absolute atomic E-state index is 0.127. The third-order valence-electron chi connectivity index (χ3n) is 2.85. The van der Waals surface area contributed by atoms with E-state index in [9.17, 15) is 4.79 Å². The highest BCUT2D eigenvalue weighted by Gasteiger charge is 2.14. The number of nitrogens with one attached hydrogen (secondary N) is 1. The van der Waals surface area contributed by atoms with Gasteiger partial charge in [-0.05, 0) is 60.0 Å². The summed E-state index contributed by atoms with van der Waals surface area (Å²) in [6.45, 7) is 5.90. The molecule has 5 heteroatoms. The fourth-order valence-electron chi connectivity index (χ4n) is 1.86. The third kappa shape index (κ3) is 2.98. The van der Waals surface area contributed by atoms with Crippen molar-refractivity contribution in [1.29, 1.82) is 0 Å². The standard InChI is InChI=1S/C14H15BrN2OS/c1-7-4-8(2)13(10(15)5-7)17-14(18)12-6-11(16)9(3)19-12/h4-6H,16H2,1-3H3,(H,17,18). The number of nitrogen functional groups attached to an aromatic ring is 1. The van der Waals surface area contributed by atoms with Crippen LogP contribution in [0, 0.1) is 20.8 Å². The molecule has 2 aromatic rings. The fraction of sp³-hybridized carbons (Fsp3) is 0.214. The molecule has 0 aliphatic carbocycles. The summed E-state index contributed by atoms with van der Waals surface area (Å²) in [7, 11) is 0. The van der Waals surface area contributed by atoms with E-state index in [4.69, 9.17) is 5.73 Å². The first kappa shape index (κ1) is 14.1. The Kier molecular flexibility index (Phi) is 3.96. The van der Waals surface area contributed by atoms with E-state index in [0.717, 1.165) is 26.2 Å². The largest absolute Gasteiger partial charge is 0.398 e. The summed E-state index contributed by atoms with van der Waals surface area (Å²) >= 11 is 4.89. The molecule has 0 radical (unpaired) electrons. The van der Waals surface area contributed by atoms with Crippen molar-refractivity contribution in [3.63, 3.8) is 0 Å². The van der Waals surface area contributed by atoms with E-state index in [1.54, 1.807) is 6.07 Å². The Morgan fingerprint density at radius 2 is 1.95 bits per heavy atom. The lowest BCUT2D eigenvalue weighted by molar-refractivity contribution is 0.103. The molecular formula is C14H15BrN2OS. The average Bonchev–Trinajstić information content (AvgIpc) is 2.64. The van der Waals surface area contributed by atoms with Gasteiger partial charge in [0.25, 0.3) is 5.91 Å². The lowest BCUT2D eigenvalue weighted by Crippen LogP contribution is -2.11. The van der Waals surface area contributed by atoms with Crippen LogP contribution in [0.4, 0.5) is 11.4 Å². The van der Waals surface area contributed by atoms with Crippen molar-refractivity contribution >= 4 is 44.5 Å². The number of anilines is 2. The lowest BCUT2D eigenvalue weighted by atomic mass is 10.1. The number of amides is 1. The molecule has 0 fully saturated rings. The second-order valence-electron chi connectivity index (χ2n) is 4.51. The molecular weight excluding hydrogens is 324 g/mol. The van der Waals surface area contributed by atoms with Gasteiger partial charge in [0.05, 0.1) is 10.6 Å². The van der Waals surface area contributed by atoms with Gasteiger partial charge in [-0.15, -0.1) is 11.3 Å². The lowest BCUT2D eigenvalue weighted by Gasteiger charge is -2.11. The van der Waals surface area contributed by atoms with Crippen LogP contribution in [0.2, 0.25) is 0 Å². The van der Waals surface area contributed by atoms with Crippen molar-refractivity contribution in [1.82, 2.24) is 0 Å². The van der Waals surface area contributed by atoms with Gasteiger partial charge in [0.15, 0.2) is 0 Å². The number of rotatable bonds is 2. The first-order valence-corrected chi connectivity index (χ1v) is 7.43. The quantitative estimate of drug-likeness (QED) is 0.858. The molecule has 1 amide bonds. The number of benzene rings is 1. The van der Waals surface area contributed by atoms with E-state index in [2.05, 4.69) is 21.2 Å². The molecule has 0 saturated carbocycles. The van der Waals surface area contributed by atoms with Crippen LogP contribution in [0.5, 0.6) is 0 Å². The zero-order valence-electron chi connectivity index (χ0n) is 11.0. The number of carbonyl (C=O) groups is 1. The first-order valence-electron chi connectivity index (χ1n) is 5.82. The maximum absolute atomic E-state index is 12.2. The van der Waals surface area contributed by atoms with Crippen molar-refractivity contribution in [2.75, 3.05) is 11.1 Å². The van der Waals surface area contributed by atoms with Gasteiger partial charge in [-0.1, -0.05) is 6.07 Å². The molecule has 0 aliphatic heterocycles. The molecule has 3 nitrogen and oxygen atoms in total. The highest BCUT2D eigenvalue weighted by atomic mass is 79.9. The Balaban J connectivity index is 2.29. The van der Waals surface area contributed by atoms with Crippen LogP contribution in [0.25, 0.3) is 0 Å². The predicted molar refractivity (Wildman–Crippen MR) is 85.0 cm³/mol. The first-order chi connectivity index (χ1) is 8.88. The van der Waals surface area contributed by atoms with Gasteiger partial charge in [-0.3, -0.25) is 4.79 Å². The van der Waals surface area contributed by atoms with Crippen LogP contribution in [0.1, 0.15) is 25.7 Å². The molecule has 2 rings (SSSR count). The van der Waals surface area contributed by atoms with Gasteiger partial charge < -0.3 is 11.1 Å². The summed E-state index contributed by atoms with van der Waals surface area (Å²) in [6, 6.07) is 5.73. The van der Waals surface area contributed by atoms with Gasteiger partial charge in [0.1, 0.15) is 0 Å². The Morgan fingerprint density at radius 1 is 1.26 bits per heavy atom. The summed E-state index contributed by atoms with van der Waals surface area (Å²) in [5, 5.41) is 2.93. The molecule has 0 saturated heterocycles. The summed E-state index contributed by atoms with van der Waals surface area (Å²) in [6.07, 6.45) is 0. The topological polar surface area (TPSA) is 55.1 Å². The van der Waals surface area contributed by atoms with Crippen LogP contribution < -0.4 is 11.1 Å². The van der Waals surface area contributed by atoms with Gasteiger partial charge in [-0.25, -0.2) is 0 Å². The summed E-state index contributed by atoms with van der Waals surface area (Å²) in [5.74, 6) is -0.127. The van der Waals surface area contributed by atoms with Crippen LogP contribution >= 0.6 is 27.3 Å². The third-order valence-corrected chi connectivity index (χ3v) is 4.54. The van der Waals surface area contributed by atoms with Gasteiger partial charge in [0.2, 0.25) is 0 Å². The summed E-state index contributed by atoms with van der Waals surface area (Å²) < 4.78 is 0.889. The fourth-order valence-corrected chi connectivity index (χ4v) is 3.47. The zero-order valence-corrected chi connectivity index (χ0v) is 13.4. The minimum Gasteiger partial charge on any atom is -0.398 e. The molecule has 1 aromatic carbocycles. The second kappa shape index (κ2) is 5.35. The Hall–Kier alpha value is -1.33. The highest BCUT2D eigenvalue weighted by Crippen LogP contribution is 2.30. The number of nitrogens with two attached hydrogens (primary N) is 1.